The van der Waals surface area contributed by atoms with Crippen molar-refractivity contribution >= 4 is 23.2 Å². The Labute approximate surface area is 141 Å². The van der Waals surface area contributed by atoms with E-state index in [1.54, 1.807) is 0 Å². The van der Waals surface area contributed by atoms with Gasteiger partial charge in [0.25, 0.3) is 0 Å². The molecule has 2 nitrogen and oxygen atoms in total. The van der Waals surface area contributed by atoms with E-state index in [0.29, 0.717) is 0 Å². The van der Waals surface area contributed by atoms with Crippen molar-refractivity contribution < 1.29 is 70.9 Å². The van der Waals surface area contributed by atoms with E-state index in [1.165, 1.54) is 0 Å². The van der Waals surface area contributed by atoms with Gasteiger partial charge in [0, 0.05) is 0 Å². The van der Waals surface area contributed by atoms with Crippen LogP contribution in [0.1, 0.15) is 0 Å². The summed E-state index contributed by atoms with van der Waals surface area (Å²) in [4.78, 5) is 0. The molecule has 0 N–H and O–H groups in total. The minimum absolute atomic E-state index is 2.46. The molecule has 0 aromatic rings. The molecule has 1 saturated heterocycles. The van der Waals surface area contributed by atoms with Crippen molar-refractivity contribution in [3.8, 4) is 0 Å². The van der Waals surface area contributed by atoms with Crippen LogP contribution in [0.4, 0.5) is 61.5 Å². The molecule has 1 fully saturated rings. The van der Waals surface area contributed by atoms with Crippen molar-refractivity contribution in [1.29, 1.82) is 0 Å². The largest absolute Gasteiger partial charge is 0.460 e. The van der Waals surface area contributed by atoms with Crippen LogP contribution in [0.15, 0.2) is 0 Å². The van der Waals surface area contributed by atoms with Crippen LogP contribution in [0.5, 0.6) is 0 Å². The fraction of sp³-hybridized carbons (Fsp3) is 1.00. The van der Waals surface area contributed by atoms with E-state index in [9.17, 15) is 61.5 Å². The average Bonchev–Trinajstić information content (AvgIpc) is 2.53. The van der Waals surface area contributed by atoms with Crippen molar-refractivity contribution in [2.75, 3.05) is 0 Å². The first-order valence-electron chi connectivity index (χ1n) is 5.34. The highest BCUT2D eigenvalue weighted by Crippen LogP contribution is 2.67. The molecule has 1 aliphatic rings. The summed E-state index contributed by atoms with van der Waals surface area (Å²) < 4.78 is 185. The van der Waals surface area contributed by atoms with Crippen LogP contribution >= 0.6 is 23.2 Å². The first kappa shape index (κ1) is 23.6. The van der Waals surface area contributed by atoms with Crippen LogP contribution in [0.25, 0.3) is 0 Å². The summed E-state index contributed by atoms with van der Waals surface area (Å²) in [6.07, 6.45) is -15.0. The molecule has 1 heterocycles. The monoisotopic (exact) mass is 464 g/mol. The Kier molecular flexibility index (Phi) is 5.01. The molecule has 18 heteroatoms. The quantitative estimate of drug-likeness (QED) is 0.406. The van der Waals surface area contributed by atoms with E-state index in [0.717, 1.165) is 0 Å². The zero-order valence-electron chi connectivity index (χ0n) is 10.9. The third-order valence-electron chi connectivity index (χ3n) is 2.82. The van der Waals surface area contributed by atoms with Crippen molar-refractivity contribution in [2.45, 2.75) is 46.5 Å². The molecular weight excluding hydrogens is 465 g/mol. The second kappa shape index (κ2) is 5.53. The minimum atomic E-state index is -7.81. The molecule has 0 aromatic carbocycles. The van der Waals surface area contributed by atoms with Gasteiger partial charge in [0.2, 0.25) is 0 Å². The summed E-state index contributed by atoms with van der Waals surface area (Å²) in [6, 6.07) is 0. The predicted molar refractivity (Wildman–Crippen MR) is 51.2 cm³/mol. The van der Waals surface area contributed by atoms with Gasteiger partial charge < -0.3 is 0 Å². The highest BCUT2D eigenvalue weighted by atomic mass is 35.5. The molecule has 0 bridgehead atoms. The zero-order chi connectivity index (χ0) is 21.4. The van der Waals surface area contributed by atoms with Crippen LogP contribution in [0.2, 0.25) is 0 Å². The normalized spacial score (nSPS) is 35.1. The maximum absolute atomic E-state index is 13.6. The summed E-state index contributed by atoms with van der Waals surface area (Å²) in [5, 5.41) is -10.9. The van der Waals surface area contributed by atoms with E-state index in [1.807, 2.05) is 0 Å². The summed E-state index contributed by atoms with van der Waals surface area (Å²) >= 11 is 8.38. The smallest absolute Gasteiger partial charge is 0.283 e. The first-order chi connectivity index (χ1) is 10.9. The van der Waals surface area contributed by atoms with Crippen molar-refractivity contribution in [3.63, 3.8) is 0 Å². The lowest BCUT2D eigenvalue weighted by molar-refractivity contribution is -0.491. The standard InChI is InChI=1S/C8Cl2F14O2/c9-5(17)6(10,18)26-4(25-5,3(15,16)8(22,23)24)1(11,12)2(13,14)7(19,20)21. The molecule has 0 aliphatic carbocycles. The van der Waals surface area contributed by atoms with Crippen LogP contribution in [0.3, 0.4) is 0 Å². The second-order valence-electron chi connectivity index (χ2n) is 4.57. The van der Waals surface area contributed by atoms with E-state index in [4.69, 9.17) is 0 Å². The number of ether oxygens (including phenoxy) is 2. The molecular formula is C8Cl2F14O2. The first-order valence-corrected chi connectivity index (χ1v) is 6.10. The van der Waals surface area contributed by atoms with Gasteiger partial charge in [0.1, 0.15) is 0 Å². The highest BCUT2D eigenvalue weighted by molar-refractivity contribution is 6.32. The Morgan fingerprint density at radius 1 is 0.538 bits per heavy atom. The van der Waals surface area contributed by atoms with Crippen LogP contribution in [-0.2, 0) is 9.47 Å². The summed E-state index contributed by atoms with van der Waals surface area (Å²) in [5.41, 5.74) is 0. The predicted octanol–water partition coefficient (Wildman–Crippen LogP) is 5.48. The maximum atomic E-state index is 13.6. The van der Waals surface area contributed by atoms with E-state index in [-0.39, 0.29) is 0 Å². The molecule has 0 aromatic heterocycles. The molecule has 26 heavy (non-hydrogen) atoms. The van der Waals surface area contributed by atoms with Gasteiger partial charge >= 0.3 is 46.5 Å². The summed E-state index contributed by atoms with van der Waals surface area (Å²) in [7, 11) is 0. The van der Waals surface area contributed by atoms with Crippen molar-refractivity contribution in [3.05, 3.63) is 0 Å². The Morgan fingerprint density at radius 3 is 1.08 bits per heavy atom. The molecule has 1 aliphatic heterocycles. The van der Waals surface area contributed by atoms with Gasteiger partial charge in [-0.25, -0.2) is 0 Å². The number of rotatable bonds is 3. The van der Waals surface area contributed by atoms with Gasteiger partial charge in [-0.05, 0) is 23.2 Å². The van der Waals surface area contributed by atoms with Gasteiger partial charge in [0.15, 0.2) is 0 Å². The Hall–Kier alpha value is -0.480. The molecule has 156 valence electrons. The van der Waals surface area contributed by atoms with Gasteiger partial charge in [-0.3, -0.25) is 9.47 Å². The Balaban J connectivity index is 3.87. The third-order valence-corrected chi connectivity index (χ3v) is 3.55. The topological polar surface area (TPSA) is 18.5 Å². The number of halogens is 16. The SMILES string of the molecule is FC(F)(F)C(F)(F)C(F)(F)C1(C(F)(F)C(F)(F)F)OC(F)(Cl)C(F)(Cl)O1. The lowest BCUT2D eigenvalue weighted by Gasteiger charge is -2.43. The van der Waals surface area contributed by atoms with Crippen LogP contribution in [0, 0.1) is 0 Å². The van der Waals surface area contributed by atoms with E-state index < -0.39 is 46.5 Å². The third kappa shape index (κ3) is 2.78. The van der Waals surface area contributed by atoms with E-state index in [2.05, 4.69) is 32.7 Å². The molecule has 0 saturated carbocycles. The lowest BCUT2D eigenvalue weighted by Crippen LogP contribution is -2.74. The Morgan fingerprint density at radius 2 is 0.846 bits per heavy atom. The summed E-state index contributed by atoms with van der Waals surface area (Å²) in [5.74, 6) is -30.2. The fourth-order valence-electron chi connectivity index (χ4n) is 1.53. The zero-order valence-corrected chi connectivity index (χ0v) is 12.4. The number of hydrogen-bond acceptors (Lipinski definition) is 2. The average molecular weight is 465 g/mol. The van der Waals surface area contributed by atoms with Crippen LogP contribution in [-0.4, -0.2) is 46.5 Å². The molecule has 0 amide bonds. The molecule has 2 unspecified atom stereocenters. The van der Waals surface area contributed by atoms with Crippen LogP contribution < -0.4 is 0 Å². The summed E-state index contributed by atoms with van der Waals surface area (Å²) in [6.45, 7) is 0. The van der Waals surface area contributed by atoms with Gasteiger partial charge in [-0.15, -0.1) is 0 Å². The Bertz CT molecular complexity index is 548. The molecule has 0 radical (unpaired) electrons. The van der Waals surface area contributed by atoms with Gasteiger partial charge in [-0.2, -0.15) is 61.5 Å². The van der Waals surface area contributed by atoms with Crippen molar-refractivity contribution in [1.82, 2.24) is 0 Å². The second-order valence-corrected chi connectivity index (χ2v) is 5.55. The highest BCUT2D eigenvalue weighted by Gasteiger charge is 2.96. The number of alkyl halides is 16. The minimum Gasteiger partial charge on any atom is -0.283 e. The maximum Gasteiger partial charge on any atom is 0.460 e. The fourth-order valence-corrected chi connectivity index (χ4v) is 1.82. The number of hydrogen-bond donors (Lipinski definition) is 0. The lowest BCUT2D eigenvalue weighted by atomic mass is 9.94. The molecule has 2 atom stereocenters. The molecule has 1 rings (SSSR count). The molecule has 0 spiro atoms. The van der Waals surface area contributed by atoms with Gasteiger partial charge in [-0.1, -0.05) is 0 Å². The van der Waals surface area contributed by atoms with Gasteiger partial charge in [0.05, 0.1) is 0 Å². The van der Waals surface area contributed by atoms with Crippen molar-refractivity contribution in [2.24, 2.45) is 0 Å². The van der Waals surface area contributed by atoms with E-state index >= 15 is 0 Å².